The summed E-state index contributed by atoms with van der Waals surface area (Å²) in [5.74, 6) is 0. The van der Waals surface area contributed by atoms with Crippen molar-refractivity contribution in [3.05, 3.63) is 164 Å². The van der Waals surface area contributed by atoms with Crippen molar-refractivity contribution in [2.75, 3.05) is 0 Å². The van der Waals surface area contributed by atoms with Crippen LogP contribution < -0.4 is 0 Å². The van der Waals surface area contributed by atoms with Gasteiger partial charge in [-0.3, -0.25) is 0 Å². The lowest BCUT2D eigenvalue weighted by Crippen LogP contribution is -2.02. The number of aromatic nitrogens is 2. The monoisotopic (exact) mass is 590 g/mol. The van der Waals surface area contributed by atoms with Crippen molar-refractivity contribution >= 4 is 76.8 Å². The quantitative estimate of drug-likeness (QED) is 0.183. The van der Waals surface area contributed by atoms with Gasteiger partial charge in [0.15, 0.2) is 0 Å². The highest BCUT2D eigenvalue weighted by atomic mass is 16.3. The van der Waals surface area contributed by atoms with Gasteiger partial charge in [-0.15, -0.1) is 0 Å². The van der Waals surface area contributed by atoms with Crippen LogP contribution in [0, 0.1) is 0 Å². The molecule has 0 N–H and O–H groups in total. The first-order valence-electron chi connectivity index (χ1n) is 15.7. The fourth-order valence-electron chi connectivity index (χ4n) is 7.38. The van der Waals surface area contributed by atoms with E-state index in [9.17, 15) is 0 Å². The molecule has 3 aromatic heterocycles. The molecule has 0 saturated carbocycles. The van der Waals surface area contributed by atoms with Gasteiger partial charge in [0.05, 0.1) is 33.1 Å². The van der Waals surface area contributed by atoms with E-state index in [4.69, 9.17) is 4.42 Å². The molecular weight excluding hydrogens is 560 g/mol. The van der Waals surface area contributed by atoms with Gasteiger partial charge < -0.3 is 13.6 Å². The fourth-order valence-corrected chi connectivity index (χ4v) is 7.38. The number of para-hydroxylation sites is 5. The van der Waals surface area contributed by atoms with E-state index in [1.165, 1.54) is 32.6 Å². The molecular formula is C43H30N2O. The molecule has 0 aliphatic heterocycles. The van der Waals surface area contributed by atoms with Gasteiger partial charge in [-0.05, 0) is 49.4 Å². The molecule has 0 aliphatic rings. The number of benzene rings is 6. The zero-order valence-corrected chi connectivity index (χ0v) is 25.4. The van der Waals surface area contributed by atoms with E-state index >= 15 is 0 Å². The number of hydrogen-bond acceptors (Lipinski definition) is 1. The third-order valence-corrected chi connectivity index (χ3v) is 9.31. The van der Waals surface area contributed by atoms with Crippen LogP contribution in [-0.2, 0) is 0 Å². The largest absolute Gasteiger partial charge is 0.456 e. The minimum atomic E-state index is 0.888. The average Bonchev–Trinajstić information content (AvgIpc) is 3.76. The topological polar surface area (TPSA) is 23.0 Å². The number of rotatable bonds is 5. The Morgan fingerprint density at radius 1 is 0.587 bits per heavy atom. The van der Waals surface area contributed by atoms with Crippen LogP contribution in [0.2, 0.25) is 0 Å². The summed E-state index contributed by atoms with van der Waals surface area (Å²) in [4.78, 5) is 0. The zero-order valence-electron chi connectivity index (χ0n) is 25.4. The Labute approximate surface area is 266 Å². The van der Waals surface area contributed by atoms with Crippen molar-refractivity contribution in [2.24, 2.45) is 0 Å². The molecule has 3 heterocycles. The van der Waals surface area contributed by atoms with Gasteiger partial charge in [0.25, 0.3) is 0 Å². The average molecular weight is 591 g/mol. The summed E-state index contributed by atoms with van der Waals surface area (Å²) < 4.78 is 11.2. The van der Waals surface area contributed by atoms with Gasteiger partial charge in [-0.2, -0.15) is 0 Å². The second kappa shape index (κ2) is 10.3. The fraction of sp³-hybridized carbons (Fsp3) is 0.0233. The van der Waals surface area contributed by atoms with Crippen molar-refractivity contribution < 1.29 is 4.42 Å². The summed E-state index contributed by atoms with van der Waals surface area (Å²) in [6.07, 6.45) is 6.09. The van der Waals surface area contributed by atoms with E-state index < -0.39 is 0 Å². The normalized spacial score (nSPS) is 12.8. The predicted molar refractivity (Wildman–Crippen MR) is 196 cm³/mol. The van der Waals surface area contributed by atoms with E-state index in [1.807, 2.05) is 18.2 Å². The minimum Gasteiger partial charge on any atom is -0.456 e. The summed E-state index contributed by atoms with van der Waals surface area (Å²) in [5, 5.41) is 7.16. The van der Waals surface area contributed by atoms with E-state index in [0.29, 0.717) is 0 Å². The third-order valence-electron chi connectivity index (χ3n) is 9.31. The van der Waals surface area contributed by atoms with Gasteiger partial charge >= 0.3 is 0 Å². The standard InChI is InChI=1S/C43H30N2O/c1-3-4-15-29(30-16-5-11-22-37(30)45-38-23-12-6-17-31(38)32-18-7-13-24-39(32)45)28(2)44-36-21-10-8-19-33(36)34-26-27-41-42(43(34)44)35-20-9-14-25-40(35)46-41/h3-27H,1H2,2H3/b15-4-,29-28-. The lowest BCUT2D eigenvalue weighted by Gasteiger charge is -2.18. The van der Waals surface area contributed by atoms with Gasteiger partial charge in [0.1, 0.15) is 11.2 Å². The Hall–Kier alpha value is -6.06. The first kappa shape index (κ1) is 26.4. The van der Waals surface area contributed by atoms with Crippen molar-refractivity contribution in [3.8, 4) is 5.69 Å². The van der Waals surface area contributed by atoms with E-state index in [1.54, 1.807) is 0 Å². The van der Waals surface area contributed by atoms with Crippen molar-refractivity contribution in [3.63, 3.8) is 0 Å². The SMILES string of the molecule is C=C/C=C\C(=C(/C)n1c2ccccc2c2ccc3oc4ccccc4c3c21)c1ccccc1-n1c2ccccc2c2ccccc21. The van der Waals surface area contributed by atoms with Gasteiger partial charge in [0, 0.05) is 43.8 Å². The molecule has 0 atom stereocenters. The lowest BCUT2D eigenvalue weighted by atomic mass is 10.00. The van der Waals surface area contributed by atoms with Crippen molar-refractivity contribution in [1.29, 1.82) is 0 Å². The van der Waals surface area contributed by atoms with Crippen LogP contribution in [-0.4, -0.2) is 9.13 Å². The van der Waals surface area contributed by atoms with Crippen LogP contribution in [0.1, 0.15) is 12.5 Å². The van der Waals surface area contributed by atoms with Crippen LogP contribution in [0.5, 0.6) is 0 Å². The van der Waals surface area contributed by atoms with Crippen molar-refractivity contribution in [2.45, 2.75) is 6.92 Å². The molecule has 0 amide bonds. The molecule has 9 aromatic rings. The highest BCUT2D eigenvalue weighted by Crippen LogP contribution is 2.43. The van der Waals surface area contributed by atoms with Crippen LogP contribution in [0.3, 0.4) is 0 Å². The highest BCUT2D eigenvalue weighted by Gasteiger charge is 2.21. The molecule has 0 unspecified atom stereocenters. The summed E-state index contributed by atoms with van der Waals surface area (Å²) in [5.41, 5.74) is 11.0. The Bertz CT molecular complexity index is 2670. The zero-order chi connectivity index (χ0) is 30.8. The number of nitrogens with zero attached hydrogens (tertiary/aromatic N) is 2. The molecule has 0 spiro atoms. The summed E-state index contributed by atoms with van der Waals surface area (Å²) >= 11 is 0. The molecule has 0 saturated heterocycles. The Balaban J connectivity index is 1.43. The lowest BCUT2D eigenvalue weighted by molar-refractivity contribution is 0.669. The molecule has 0 bridgehead atoms. The Kier molecular flexibility index (Phi) is 5.87. The Morgan fingerprint density at radius 3 is 1.89 bits per heavy atom. The predicted octanol–water partition coefficient (Wildman–Crippen LogP) is 11.9. The van der Waals surface area contributed by atoms with E-state index in [-0.39, 0.29) is 0 Å². The molecule has 6 aromatic carbocycles. The second-order valence-corrected chi connectivity index (χ2v) is 11.8. The van der Waals surface area contributed by atoms with E-state index in [0.717, 1.165) is 55.5 Å². The maximum absolute atomic E-state index is 6.39. The van der Waals surface area contributed by atoms with Crippen LogP contribution in [0.15, 0.2) is 163 Å². The summed E-state index contributed by atoms with van der Waals surface area (Å²) in [6, 6.07) is 47.5. The first-order valence-corrected chi connectivity index (χ1v) is 15.7. The molecule has 3 heteroatoms. The third kappa shape index (κ3) is 3.72. The Morgan fingerprint density at radius 2 is 1.17 bits per heavy atom. The summed E-state index contributed by atoms with van der Waals surface area (Å²) in [6.45, 7) is 6.27. The van der Waals surface area contributed by atoms with Crippen LogP contribution in [0.4, 0.5) is 0 Å². The van der Waals surface area contributed by atoms with Crippen molar-refractivity contribution in [1.82, 2.24) is 9.13 Å². The van der Waals surface area contributed by atoms with Gasteiger partial charge in [-0.1, -0.05) is 116 Å². The van der Waals surface area contributed by atoms with Gasteiger partial charge in [0.2, 0.25) is 0 Å². The van der Waals surface area contributed by atoms with Gasteiger partial charge in [-0.25, -0.2) is 0 Å². The maximum Gasteiger partial charge on any atom is 0.137 e. The van der Waals surface area contributed by atoms with Crippen LogP contribution in [0.25, 0.3) is 82.5 Å². The maximum atomic E-state index is 6.39. The molecule has 0 radical (unpaired) electrons. The minimum absolute atomic E-state index is 0.888. The number of allylic oxidation sites excluding steroid dienone is 5. The summed E-state index contributed by atoms with van der Waals surface area (Å²) in [7, 11) is 0. The highest BCUT2D eigenvalue weighted by molar-refractivity contribution is 6.25. The number of hydrogen-bond donors (Lipinski definition) is 0. The van der Waals surface area contributed by atoms with E-state index in [2.05, 4.69) is 156 Å². The second-order valence-electron chi connectivity index (χ2n) is 11.8. The molecule has 3 nitrogen and oxygen atoms in total. The molecule has 0 fully saturated rings. The molecule has 218 valence electrons. The van der Waals surface area contributed by atoms with Crippen LogP contribution >= 0.6 is 0 Å². The smallest absolute Gasteiger partial charge is 0.137 e. The molecule has 9 rings (SSSR count). The molecule has 0 aliphatic carbocycles. The molecule has 46 heavy (non-hydrogen) atoms. The number of fused-ring (bicyclic) bond motifs is 10. The number of furan rings is 1. The first-order chi connectivity index (χ1) is 22.7.